The number of hydrogen-bond donors (Lipinski definition) is 2. The number of aromatic nitrogens is 2. The van der Waals surface area contributed by atoms with E-state index < -0.39 is 24.3 Å². The van der Waals surface area contributed by atoms with Crippen molar-refractivity contribution in [2.45, 2.75) is 57.3 Å². The Morgan fingerprint density at radius 2 is 2.05 bits per heavy atom. The van der Waals surface area contributed by atoms with Crippen molar-refractivity contribution in [2.24, 2.45) is 5.41 Å². The molecule has 3 aliphatic rings. The maximum Gasteiger partial charge on any atom is 0.429 e. The van der Waals surface area contributed by atoms with Crippen molar-refractivity contribution in [1.82, 2.24) is 14.9 Å². The number of halogens is 3. The summed E-state index contributed by atoms with van der Waals surface area (Å²) in [6.07, 6.45) is 0.0283. The van der Waals surface area contributed by atoms with E-state index in [-0.39, 0.29) is 29.4 Å². The maximum atomic E-state index is 14.5. The average molecular weight is 559 g/mol. The van der Waals surface area contributed by atoms with Gasteiger partial charge in [-0.1, -0.05) is 35.9 Å². The molecule has 2 aliphatic heterocycles. The Kier molecular flexibility index (Phi) is 7.62. The molecule has 40 heavy (non-hydrogen) atoms. The fourth-order valence-corrected chi connectivity index (χ4v) is 6.07. The fourth-order valence-electron chi connectivity index (χ4n) is 6.07. The van der Waals surface area contributed by atoms with E-state index in [1.165, 1.54) is 12.1 Å². The highest BCUT2D eigenvalue weighted by atomic mass is 19.4. The Labute approximate surface area is 230 Å². The number of allylic oxidation sites excluding steroid dienone is 2. The molecule has 8 nitrogen and oxygen atoms in total. The first-order valence-electron chi connectivity index (χ1n) is 13.3. The van der Waals surface area contributed by atoms with Crippen molar-refractivity contribution in [3.8, 4) is 5.88 Å². The Bertz CT molecular complexity index is 1360. The van der Waals surface area contributed by atoms with Crippen LogP contribution in [0.1, 0.15) is 60.6 Å². The molecular weight excluding hydrogens is 525 g/mol. The molecule has 0 amide bonds. The van der Waals surface area contributed by atoms with Crippen LogP contribution in [0.5, 0.6) is 5.88 Å². The number of aliphatic carboxylic acids is 1. The van der Waals surface area contributed by atoms with Gasteiger partial charge in [-0.15, -0.1) is 0 Å². The lowest BCUT2D eigenvalue weighted by atomic mass is 9.73. The second-order valence-electron chi connectivity index (χ2n) is 11.1. The van der Waals surface area contributed by atoms with Crippen LogP contribution in [-0.2, 0) is 9.53 Å². The monoisotopic (exact) mass is 558 g/mol. The number of carboxylic acids is 1. The SMILES string of the molecule is Cc1ccc([C@@H](Oc2cc(C3=CCC4(CC3)CC(C(=O)O)N(C)C4)nc(N)n2)C(F)(F)F)c(C2=CCCOC2)c1. The van der Waals surface area contributed by atoms with E-state index in [4.69, 9.17) is 15.2 Å². The summed E-state index contributed by atoms with van der Waals surface area (Å²) in [7, 11) is 1.82. The predicted octanol–water partition coefficient (Wildman–Crippen LogP) is 5.20. The van der Waals surface area contributed by atoms with Gasteiger partial charge < -0.3 is 20.3 Å². The molecule has 1 saturated heterocycles. The highest BCUT2D eigenvalue weighted by Crippen LogP contribution is 2.47. The summed E-state index contributed by atoms with van der Waals surface area (Å²) >= 11 is 0. The first-order valence-corrected chi connectivity index (χ1v) is 13.3. The van der Waals surface area contributed by atoms with Crippen LogP contribution >= 0.6 is 0 Å². The summed E-state index contributed by atoms with van der Waals surface area (Å²) in [5.41, 5.74) is 8.95. The fraction of sp³-hybridized carbons (Fsp3) is 0.483. The second kappa shape index (κ2) is 10.9. The summed E-state index contributed by atoms with van der Waals surface area (Å²) in [5, 5.41) is 9.51. The summed E-state index contributed by atoms with van der Waals surface area (Å²) in [5.74, 6) is -1.28. The number of aryl methyl sites for hydroxylation is 1. The first-order chi connectivity index (χ1) is 18.9. The number of nitrogens with zero attached hydrogens (tertiary/aromatic N) is 3. The number of ether oxygens (including phenoxy) is 2. The van der Waals surface area contributed by atoms with Crippen molar-refractivity contribution in [3.05, 3.63) is 58.8 Å². The molecule has 11 heteroatoms. The second-order valence-corrected chi connectivity index (χ2v) is 11.1. The van der Waals surface area contributed by atoms with E-state index in [1.54, 1.807) is 12.1 Å². The number of likely N-dealkylation sites (N-methyl/N-ethyl adjacent to an activating group) is 1. The van der Waals surface area contributed by atoms with Crippen LogP contribution in [0, 0.1) is 12.3 Å². The quantitative estimate of drug-likeness (QED) is 0.498. The van der Waals surface area contributed by atoms with Crippen LogP contribution in [-0.4, -0.2) is 65.0 Å². The van der Waals surface area contributed by atoms with Gasteiger partial charge in [-0.05, 0) is 68.2 Å². The van der Waals surface area contributed by atoms with Gasteiger partial charge in [-0.2, -0.15) is 18.2 Å². The lowest BCUT2D eigenvalue weighted by Crippen LogP contribution is -2.32. The number of rotatable bonds is 6. The number of benzene rings is 1. The van der Waals surface area contributed by atoms with Gasteiger partial charge in [0.25, 0.3) is 0 Å². The third kappa shape index (κ3) is 5.85. The average Bonchev–Trinajstić information content (AvgIpc) is 3.23. The molecule has 1 aromatic heterocycles. The molecular formula is C29H33F3N4O4. The zero-order valence-corrected chi connectivity index (χ0v) is 22.5. The number of carbonyl (C=O) groups is 1. The molecule has 3 heterocycles. The van der Waals surface area contributed by atoms with E-state index in [2.05, 4.69) is 9.97 Å². The van der Waals surface area contributed by atoms with Crippen LogP contribution in [0.25, 0.3) is 11.1 Å². The molecule has 1 aromatic carbocycles. The Hall–Kier alpha value is -3.44. The molecule has 3 atom stereocenters. The number of nitrogens with two attached hydrogens (primary N) is 1. The van der Waals surface area contributed by atoms with Crippen molar-refractivity contribution in [2.75, 3.05) is 32.5 Å². The van der Waals surface area contributed by atoms with Gasteiger partial charge in [0.2, 0.25) is 17.9 Å². The van der Waals surface area contributed by atoms with Crippen LogP contribution in [0.4, 0.5) is 19.1 Å². The highest BCUT2D eigenvalue weighted by Gasteiger charge is 2.46. The molecule has 2 unspecified atom stereocenters. The third-order valence-electron chi connectivity index (χ3n) is 8.07. The molecule has 3 N–H and O–H groups in total. The maximum absolute atomic E-state index is 14.5. The molecule has 1 fully saturated rings. The summed E-state index contributed by atoms with van der Waals surface area (Å²) in [6, 6.07) is 5.66. The Morgan fingerprint density at radius 1 is 1.25 bits per heavy atom. The lowest BCUT2D eigenvalue weighted by molar-refractivity contribution is -0.198. The minimum atomic E-state index is -4.73. The zero-order valence-electron chi connectivity index (χ0n) is 22.5. The molecule has 0 radical (unpaired) electrons. The van der Waals surface area contributed by atoms with Crippen LogP contribution in [0.2, 0.25) is 0 Å². The topological polar surface area (TPSA) is 111 Å². The largest absolute Gasteiger partial charge is 0.480 e. The zero-order chi connectivity index (χ0) is 28.7. The Balaban J connectivity index is 1.43. The predicted molar refractivity (Wildman–Crippen MR) is 143 cm³/mol. The van der Waals surface area contributed by atoms with Crippen molar-refractivity contribution in [1.29, 1.82) is 0 Å². The number of alkyl halides is 3. The smallest absolute Gasteiger partial charge is 0.429 e. The molecule has 1 spiro atoms. The number of likely N-dealkylation sites (tertiary alicyclic amines) is 1. The normalized spacial score (nSPS) is 24.5. The van der Waals surface area contributed by atoms with Crippen LogP contribution < -0.4 is 10.5 Å². The molecule has 0 saturated carbocycles. The van der Waals surface area contributed by atoms with Gasteiger partial charge in [0.1, 0.15) is 6.04 Å². The summed E-state index contributed by atoms with van der Waals surface area (Å²) in [6.45, 7) is 3.25. The number of nitrogen functional groups attached to an aromatic ring is 1. The first kappa shape index (κ1) is 28.1. The molecule has 1 aliphatic carbocycles. The Morgan fingerprint density at radius 3 is 2.67 bits per heavy atom. The van der Waals surface area contributed by atoms with E-state index in [0.717, 1.165) is 17.6 Å². The summed E-state index contributed by atoms with van der Waals surface area (Å²) < 4.78 is 54.5. The lowest BCUT2D eigenvalue weighted by Gasteiger charge is -2.32. The van der Waals surface area contributed by atoms with E-state index in [0.29, 0.717) is 55.7 Å². The highest BCUT2D eigenvalue weighted by molar-refractivity contribution is 5.74. The van der Waals surface area contributed by atoms with E-state index in [1.807, 2.05) is 31.0 Å². The molecule has 214 valence electrons. The van der Waals surface area contributed by atoms with Crippen LogP contribution in [0.3, 0.4) is 0 Å². The standard InChI is InChI=1S/C29H33F3N4O4/c1-17-5-6-20(21(12-17)19-4-3-11-39-15-19)25(29(30,31)32)40-24-13-22(34-27(33)35-24)18-7-9-28(10-8-18)14-23(26(37)38)36(2)16-28/h4-7,12-13,23,25H,3,8-11,14-16H2,1-2H3,(H,37,38)(H2,33,34,35)/t23?,25-,28?/m1/s1. The molecule has 2 aromatic rings. The minimum Gasteiger partial charge on any atom is -0.480 e. The number of carboxylic acid groups (broad SMARTS) is 1. The van der Waals surface area contributed by atoms with E-state index in [9.17, 15) is 23.1 Å². The minimum absolute atomic E-state index is 0.0225. The molecule has 0 bridgehead atoms. The van der Waals surface area contributed by atoms with Gasteiger partial charge in [0.05, 0.1) is 18.9 Å². The van der Waals surface area contributed by atoms with Crippen molar-refractivity contribution < 1.29 is 32.5 Å². The van der Waals surface area contributed by atoms with Gasteiger partial charge >= 0.3 is 12.1 Å². The van der Waals surface area contributed by atoms with Gasteiger partial charge in [-0.25, -0.2) is 4.98 Å². The van der Waals surface area contributed by atoms with Gasteiger partial charge in [-0.3, -0.25) is 9.69 Å². The van der Waals surface area contributed by atoms with Gasteiger partial charge in [0.15, 0.2) is 0 Å². The van der Waals surface area contributed by atoms with Crippen molar-refractivity contribution >= 4 is 23.1 Å². The van der Waals surface area contributed by atoms with E-state index >= 15 is 0 Å². The summed E-state index contributed by atoms with van der Waals surface area (Å²) in [4.78, 5) is 21.7. The van der Waals surface area contributed by atoms with Crippen LogP contribution in [0.15, 0.2) is 36.4 Å². The molecule has 5 rings (SSSR count). The number of hydrogen-bond acceptors (Lipinski definition) is 7. The van der Waals surface area contributed by atoms with Gasteiger partial charge in [0, 0.05) is 18.2 Å². The van der Waals surface area contributed by atoms with Crippen molar-refractivity contribution in [3.63, 3.8) is 0 Å². The number of anilines is 1. The third-order valence-corrected chi connectivity index (χ3v) is 8.07.